The number of hydrogen-bond donors (Lipinski definition) is 1. The summed E-state index contributed by atoms with van der Waals surface area (Å²) in [5.41, 5.74) is 3.17. The topological polar surface area (TPSA) is 38.3 Å². The lowest BCUT2D eigenvalue weighted by Crippen LogP contribution is -2.24. The molecule has 0 heterocycles. The van der Waals surface area contributed by atoms with Crippen LogP contribution in [0.3, 0.4) is 0 Å². The van der Waals surface area contributed by atoms with Gasteiger partial charge in [-0.2, -0.15) is 0 Å². The summed E-state index contributed by atoms with van der Waals surface area (Å²) in [6, 6.07) is 17.6. The summed E-state index contributed by atoms with van der Waals surface area (Å²) >= 11 is 0. The Kier molecular flexibility index (Phi) is 6.07. The SMILES string of the molecule is Cc1ccc(C#CCCNC(=O)OCc2ccccc2)cc1. The average molecular weight is 293 g/mol. The Morgan fingerprint density at radius 2 is 1.82 bits per heavy atom. The van der Waals surface area contributed by atoms with E-state index in [2.05, 4.69) is 17.2 Å². The van der Waals surface area contributed by atoms with Gasteiger partial charge in [0.1, 0.15) is 6.61 Å². The molecule has 0 aromatic heterocycles. The number of carbonyl (C=O) groups excluding carboxylic acids is 1. The highest BCUT2D eigenvalue weighted by Gasteiger charge is 2.00. The van der Waals surface area contributed by atoms with Crippen LogP contribution in [0, 0.1) is 18.8 Å². The van der Waals surface area contributed by atoms with E-state index in [9.17, 15) is 4.79 Å². The van der Waals surface area contributed by atoms with Gasteiger partial charge in [0.15, 0.2) is 0 Å². The van der Waals surface area contributed by atoms with Crippen molar-refractivity contribution in [1.29, 1.82) is 0 Å². The molecule has 0 aliphatic carbocycles. The molecule has 2 rings (SSSR count). The minimum absolute atomic E-state index is 0.279. The lowest BCUT2D eigenvalue weighted by Gasteiger charge is -2.05. The molecule has 0 fully saturated rings. The van der Waals surface area contributed by atoms with E-state index in [-0.39, 0.29) is 6.61 Å². The third kappa shape index (κ3) is 5.72. The zero-order chi connectivity index (χ0) is 15.6. The molecule has 1 N–H and O–H groups in total. The molecule has 2 aromatic rings. The Morgan fingerprint density at radius 3 is 2.55 bits per heavy atom. The maximum atomic E-state index is 11.5. The number of rotatable bonds is 4. The van der Waals surface area contributed by atoms with Crippen LogP contribution in [0.25, 0.3) is 0 Å². The Hall–Kier alpha value is -2.73. The van der Waals surface area contributed by atoms with Gasteiger partial charge in [0, 0.05) is 18.5 Å². The van der Waals surface area contributed by atoms with Crippen LogP contribution in [0.5, 0.6) is 0 Å². The third-order valence-corrected chi connectivity index (χ3v) is 3.02. The molecule has 0 unspecified atom stereocenters. The Balaban J connectivity index is 1.64. The second-order valence-corrected chi connectivity index (χ2v) is 4.91. The number of carbonyl (C=O) groups is 1. The summed E-state index contributed by atoms with van der Waals surface area (Å²) in [6.07, 6.45) is 0.176. The number of hydrogen-bond acceptors (Lipinski definition) is 2. The van der Waals surface area contributed by atoms with Crippen LogP contribution in [0.1, 0.15) is 23.1 Å². The monoisotopic (exact) mass is 293 g/mol. The molecule has 0 aliphatic rings. The van der Waals surface area contributed by atoms with Crippen LogP contribution in [0.4, 0.5) is 4.79 Å². The first-order valence-electron chi connectivity index (χ1n) is 7.24. The average Bonchev–Trinajstić information content (AvgIpc) is 2.55. The third-order valence-electron chi connectivity index (χ3n) is 3.02. The van der Waals surface area contributed by atoms with Gasteiger partial charge >= 0.3 is 6.09 Å². The van der Waals surface area contributed by atoms with Gasteiger partial charge in [-0.25, -0.2) is 4.79 Å². The van der Waals surface area contributed by atoms with Crippen molar-refractivity contribution in [1.82, 2.24) is 5.32 Å². The van der Waals surface area contributed by atoms with Crippen molar-refractivity contribution in [2.24, 2.45) is 0 Å². The number of aryl methyl sites for hydroxylation is 1. The summed E-state index contributed by atoms with van der Waals surface area (Å²) in [5.74, 6) is 6.09. The zero-order valence-corrected chi connectivity index (χ0v) is 12.6. The summed E-state index contributed by atoms with van der Waals surface area (Å²) in [5, 5.41) is 2.68. The smallest absolute Gasteiger partial charge is 0.407 e. The zero-order valence-electron chi connectivity index (χ0n) is 12.6. The van der Waals surface area contributed by atoms with Gasteiger partial charge in [-0.05, 0) is 24.6 Å². The molecule has 0 spiro atoms. The van der Waals surface area contributed by atoms with Crippen LogP contribution >= 0.6 is 0 Å². The van der Waals surface area contributed by atoms with Crippen molar-refractivity contribution in [3.05, 3.63) is 71.3 Å². The number of benzene rings is 2. The van der Waals surface area contributed by atoms with Crippen molar-refractivity contribution in [2.45, 2.75) is 20.0 Å². The maximum absolute atomic E-state index is 11.5. The molecular weight excluding hydrogens is 274 g/mol. The minimum atomic E-state index is -0.416. The quantitative estimate of drug-likeness (QED) is 0.690. The van der Waals surface area contributed by atoms with Crippen molar-refractivity contribution in [2.75, 3.05) is 6.54 Å². The van der Waals surface area contributed by atoms with Gasteiger partial charge in [0.25, 0.3) is 0 Å². The summed E-state index contributed by atoms with van der Waals surface area (Å²) in [4.78, 5) is 11.5. The first-order valence-corrected chi connectivity index (χ1v) is 7.24. The van der Waals surface area contributed by atoms with Crippen molar-refractivity contribution < 1.29 is 9.53 Å². The molecule has 2 aromatic carbocycles. The predicted octanol–water partition coefficient (Wildman–Crippen LogP) is 3.66. The molecule has 1 amide bonds. The number of amides is 1. The minimum Gasteiger partial charge on any atom is -0.445 e. The molecule has 0 saturated heterocycles. The fourth-order valence-corrected chi connectivity index (χ4v) is 1.80. The second-order valence-electron chi connectivity index (χ2n) is 4.91. The second kappa shape index (κ2) is 8.53. The van der Waals surface area contributed by atoms with E-state index >= 15 is 0 Å². The fraction of sp³-hybridized carbons (Fsp3) is 0.211. The lowest BCUT2D eigenvalue weighted by atomic mass is 10.1. The summed E-state index contributed by atoms with van der Waals surface area (Å²) < 4.78 is 5.11. The van der Waals surface area contributed by atoms with Gasteiger partial charge < -0.3 is 10.1 Å². The van der Waals surface area contributed by atoms with Gasteiger partial charge in [-0.3, -0.25) is 0 Å². The molecule has 0 radical (unpaired) electrons. The normalized spacial score (nSPS) is 9.50. The van der Waals surface area contributed by atoms with Gasteiger partial charge in [0.05, 0.1) is 0 Å². The first kappa shape index (κ1) is 15.7. The Bertz CT molecular complexity index is 651. The van der Waals surface area contributed by atoms with Gasteiger partial charge in [-0.15, -0.1) is 0 Å². The lowest BCUT2D eigenvalue weighted by molar-refractivity contribution is 0.140. The number of alkyl carbamates (subject to hydrolysis) is 1. The van der Waals surface area contributed by atoms with Gasteiger partial charge in [-0.1, -0.05) is 59.9 Å². The van der Waals surface area contributed by atoms with E-state index in [1.807, 2.05) is 61.5 Å². The van der Waals surface area contributed by atoms with E-state index < -0.39 is 6.09 Å². The summed E-state index contributed by atoms with van der Waals surface area (Å²) in [7, 11) is 0. The van der Waals surface area contributed by atoms with E-state index in [0.29, 0.717) is 13.0 Å². The highest BCUT2D eigenvalue weighted by Crippen LogP contribution is 2.01. The van der Waals surface area contributed by atoms with Crippen LogP contribution in [0.15, 0.2) is 54.6 Å². The van der Waals surface area contributed by atoms with Crippen molar-refractivity contribution in [3.63, 3.8) is 0 Å². The molecule has 0 atom stereocenters. The molecule has 22 heavy (non-hydrogen) atoms. The van der Waals surface area contributed by atoms with Crippen LogP contribution in [-0.2, 0) is 11.3 Å². The van der Waals surface area contributed by atoms with Crippen molar-refractivity contribution in [3.8, 4) is 11.8 Å². The van der Waals surface area contributed by atoms with Crippen LogP contribution in [-0.4, -0.2) is 12.6 Å². The molecule has 3 heteroatoms. The highest BCUT2D eigenvalue weighted by atomic mass is 16.5. The Morgan fingerprint density at radius 1 is 1.09 bits per heavy atom. The molecule has 3 nitrogen and oxygen atoms in total. The van der Waals surface area contributed by atoms with E-state index in [1.165, 1.54) is 5.56 Å². The van der Waals surface area contributed by atoms with E-state index in [4.69, 9.17) is 4.74 Å². The predicted molar refractivity (Wildman–Crippen MR) is 87.3 cm³/mol. The summed E-state index contributed by atoms with van der Waals surface area (Å²) in [6.45, 7) is 2.80. The number of nitrogens with one attached hydrogen (secondary N) is 1. The largest absolute Gasteiger partial charge is 0.445 e. The molecule has 0 bridgehead atoms. The molecule has 0 saturated carbocycles. The van der Waals surface area contributed by atoms with Crippen LogP contribution in [0.2, 0.25) is 0 Å². The standard InChI is InChI=1S/C19H19NO2/c1-16-10-12-17(13-11-16)7-5-6-14-20-19(21)22-15-18-8-3-2-4-9-18/h2-4,8-13H,6,14-15H2,1H3,(H,20,21). The van der Waals surface area contributed by atoms with Crippen LogP contribution < -0.4 is 5.32 Å². The van der Waals surface area contributed by atoms with E-state index in [1.54, 1.807) is 0 Å². The molecule has 0 aliphatic heterocycles. The van der Waals surface area contributed by atoms with Crippen molar-refractivity contribution >= 4 is 6.09 Å². The number of ether oxygens (including phenoxy) is 1. The molecule has 112 valence electrons. The highest BCUT2D eigenvalue weighted by molar-refractivity contribution is 5.67. The fourth-order valence-electron chi connectivity index (χ4n) is 1.80. The van der Waals surface area contributed by atoms with E-state index in [0.717, 1.165) is 11.1 Å². The molecular formula is C19H19NO2. The maximum Gasteiger partial charge on any atom is 0.407 e. The Labute approximate surface area is 131 Å². The first-order chi connectivity index (χ1) is 10.7. The van der Waals surface area contributed by atoms with Gasteiger partial charge in [0.2, 0.25) is 0 Å².